The molecule has 9 heteroatoms. The van der Waals surface area contributed by atoms with Gasteiger partial charge in [-0.15, -0.1) is 10.2 Å². The average Bonchev–Trinajstić information content (AvgIpc) is 3.26. The molecule has 2 aliphatic heterocycles. The van der Waals surface area contributed by atoms with Gasteiger partial charge < -0.3 is 14.8 Å². The molecule has 5 rings (SSSR count). The minimum Gasteiger partial charge on any atom is -0.494 e. The standard InChI is InChI=1S/C22H22ClN5O3/c1-4-30-17-8-13-7-11(2)31-16(13)9-14(17)15-10-20(29)24-22-21(15)12(3)27-28(22)19-6-5-18(23)25-26-19/h5-6,8-9,11,15H,4,7,10H2,1-3H3,(H,24,29)/t11-,15-/m1/s1. The van der Waals surface area contributed by atoms with Crippen molar-refractivity contribution in [1.82, 2.24) is 20.0 Å². The van der Waals surface area contributed by atoms with E-state index in [1.807, 2.05) is 32.9 Å². The van der Waals surface area contributed by atoms with Gasteiger partial charge in [0, 0.05) is 35.4 Å². The van der Waals surface area contributed by atoms with Gasteiger partial charge in [0.2, 0.25) is 5.91 Å². The van der Waals surface area contributed by atoms with Crippen LogP contribution in [0.1, 0.15) is 48.6 Å². The summed E-state index contributed by atoms with van der Waals surface area (Å²) in [4.78, 5) is 12.7. The third-order valence-corrected chi connectivity index (χ3v) is 5.84. The second-order valence-electron chi connectivity index (χ2n) is 7.84. The van der Waals surface area contributed by atoms with Crippen molar-refractivity contribution in [2.75, 3.05) is 11.9 Å². The molecule has 0 saturated carbocycles. The number of halogens is 1. The molecule has 0 aliphatic carbocycles. The number of ether oxygens (including phenoxy) is 2. The first-order chi connectivity index (χ1) is 14.9. The van der Waals surface area contributed by atoms with Crippen molar-refractivity contribution in [3.63, 3.8) is 0 Å². The number of hydrogen-bond acceptors (Lipinski definition) is 6. The molecule has 4 heterocycles. The van der Waals surface area contributed by atoms with Crippen molar-refractivity contribution in [1.29, 1.82) is 0 Å². The van der Waals surface area contributed by atoms with Crippen LogP contribution in [-0.2, 0) is 11.2 Å². The smallest absolute Gasteiger partial charge is 0.226 e. The number of benzene rings is 1. The van der Waals surface area contributed by atoms with Crippen LogP contribution in [0, 0.1) is 6.92 Å². The molecule has 0 saturated heterocycles. The van der Waals surface area contributed by atoms with Crippen molar-refractivity contribution in [3.05, 3.63) is 51.8 Å². The third-order valence-electron chi connectivity index (χ3n) is 5.64. The highest BCUT2D eigenvalue weighted by Crippen LogP contribution is 2.46. The number of aryl methyl sites for hydroxylation is 1. The van der Waals surface area contributed by atoms with Crippen molar-refractivity contribution in [2.24, 2.45) is 0 Å². The summed E-state index contributed by atoms with van der Waals surface area (Å²) in [5.41, 5.74) is 3.79. The number of nitrogens with zero attached hydrogens (tertiary/aromatic N) is 4. The SMILES string of the molecule is CCOc1cc2c(cc1[C@H]1CC(=O)Nc3c1c(C)nn3-c1ccc(Cl)nn1)O[C@H](C)C2. The van der Waals surface area contributed by atoms with Crippen LogP contribution in [0.15, 0.2) is 24.3 Å². The van der Waals surface area contributed by atoms with Crippen LogP contribution in [0.3, 0.4) is 0 Å². The fourth-order valence-electron chi connectivity index (χ4n) is 4.41. The van der Waals surface area contributed by atoms with Gasteiger partial charge in [-0.05, 0) is 45.0 Å². The van der Waals surface area contributed by atoms with Gasteiger partial charge >= 0.3 is 0 Å². The molecule has 31 heavy (non-hydrogen) atoms. The highest BCUT2D eigenvalue weighted by atomic mass is 35.5. The van der Waals surface area contributed by atoms with Gasteiger partial charge in [0.15, 0.2) is 11.0 Å². The van der Waals surface area contributed by atoms with Gasteiger partial charge in [0.05, 0.1) is 12.3 Å². The van der Waals surface area contributed by atoms with Crippen molar-refractivity contribution >= 4 is 23.3 Å². The number of carbonyl (C=O) groups excluding carboxylic acids is 1. The number of hydrogen-bond donors (Lipinski definition) is 1. The first-order valence-electron chi connectivity index (χ1n) is 10.3. The van der Waals surface area contributed by atoms with E-state index in [0.29, 0.717) is 24.7 Å². The Hall–Kier alpha value is -3.13. The lowest BCUT2D eigenvalue weighted by atomic mass is 9.84. The topological polar surface area (TPSA) is 91.2 Å². The Bertz CT molecular complexity index is 1170. The van der Waals surface area contributed by atoms with E-state index in [4.69, 9.17) is 21.1 Å². The van der Waals surface area contributed by atoms with Gasteiger partial charge in [-0.2, -0.15) is 9.78 Å². The Labute approximate surface area is 184 Å². The summed E-state index contributed by atoms with van der Waals surface area (Å²) in [6.07, 6.45) is 1.26. The lowest BCUT2D eigenvalue weighted by Crippen LogP contribution is -2.25. The molecule has 2 aromatic heterocycles. The molecule has 160 valence electrons. The Balaban J connectivity index is 1.66. The molecule has 8 nitrogen and oxygen atoms in total. The van der Waals surface area contributed by atoms with Crippen molar-refractivity contribution in [3.8, 4) is 17.3 Å². The highest BCUT2D eigenvalue weighted by molar-refractivity contribution is 6.29. The number of nitrogens with one attached hydrogen (secondary N) is 1. The molecule has 0 spiro atoms. The van der Waals surface area contributed by atoms with Crippen LogP contribution in [0.5, 0.6) is 11.5 Å². The monoisotopic (exact) mass is 439 g/mol. The number of aromatic nitrogens is 4. The summed E-state index contributed by atoms with van der Waals surface area (Å²) in [6, 6.07) is 7.43. The van der Waals surface area contributed by atoms with Crippen LogP contribution in [0.4, 0.5) is 5.82 Å². The molecule has 3 aromatic rings. The molecular formula is C22H22ClN5O3. The predicted molar refractivity (Wildman–Crippen MR) is 115 cm³/mol. The van der Waals surface area contributed by atoms with E-state index in [1.165, 1.54) is 0 Å². The first-order valence-corrected chi connectivity index (χ1v) is 10.7. The van der Waals surface area contributed by atoms with E-state index in [-0.39, 0.29) is 23.1 Å². The summed E-state index contributed by atoms with van der Waals surface area (Å²) in [5.74, 6) is 2.38. The minimum atomic E-state index is -0.218. The molecule has 0 fully saturated rings. The van der Waals surface area contributed by atoms with E-state index in [0.717, 1.165) is 40.3 Å². The predicted octanol–water partition coefficient (Wildman–Crippen LogP) is 3.82. The lowest BCUT2D eigenvalue weighted by molar-refractivity contribution is -0.116. The zero-order valence-electron chi connectivity index (χ0n) is 17.5. The Morgan fingerprint density at radius 2 is 2.13 bits per heavy atom. The largest absolute Gasteiger partial charge is 0.494 e. The summed E-state index contributed by atoms with van der Waals surface area (Å²) >= 11 is 5.88. The summed E-state index contributed by atoms with van der Waals surface area (Å²) in [6.45, 7) is 6.47. The Morgan fingerprint density at radius 1 is 1.29 bits per heavy atom. The van der Waals surface area contributed by atoms with Crippen molar-refractivity contribution < 1.29 is 14.3 Å². The van der Waals surface area contributed by atoms with Gasteiger partial charge in [-0.25, -0.2) is 0 Å². The van der Waals surface area contributed by atoms with Crippen molar-refractivity contribution in [2.45, 2.75) is 45.6 Å². The molecule has 1 N–H and O–H groups in total. The highest BCUT2D eigenvalue weighted by Gasteiger charge is 2.36. The van der Waals surface area contributed by atoms with E-state index in [1.54, 1.807) is 16.8 Å². The van der Waals surface area contributed by atoms with Crippen LogP contribution in [-0.4, -0.2) is 38.6 Å². The molecule has 0 bridgehead atoms. The molecule has 1 amide bonds. The van der Waals surface area contributed by atoms with E-state index in [9.17, 15) is 4.79 Å². The fourth-order valence-corrected chi connectivity index (χ4v) is 4.51. The number of carbonyl (C=O) groups is 1. The normalized spacial score (nSPS) is 19.4. The zero-order chi connectivity index (χ0) is 21.7. The van der Waals surface area contributed by atoms with Gasteiger partial charge in [0.25, 0.3) is 0 Å². The van der Waals surface area contributed by atoms with Gasteiger partial charge in [0.1, 0.15) is 23.4 Å². The number of amides is 1. The molecule has 0 radical (unpaired) electrons. The Morgan fingerprint density at radius 3 is 2.87 bits per heavy atom. The molecule has 0 unspecified atom stereocenters. The van der Waals surface area contributed by atoms with Crippen LogP contribution in [0.25, 0.3) is 5.82 Å². The molecule has 2 atom stereocenters. The second-order valence-corrected chi connectivity index (χ2v) is 8.23. The second kappa shape index (κ2) is 7.53. The molecular weight excluding hydrogens is 418 g/mol. The molecule has 2 aliphatic rings. The van der Waals surface area contributed by atoms with Crippen LogP contribution >= 0.6 is 11.6 Å². The van der Waals surface area contributed by atoms with Gasteiger partial charge in [-0.1, -0.05) is 11.6 Å². The van der Waals surface area contributed by atoms with Crippen LogP contribution in [0.2, 0.25) is 5.15 Å². The summed E-state index contributed by atoms with van der Waals surface area (Å²) in [7, 11) is 0. The number of anilines is 1. The summed E-state index contributed by atoms with van der Waals surface area (Å²) < 4.78 is 13.6. The number of rotatable bonds is 4. The minimum absolute atomic E-state index is 0.0993. The first kappa shape index (κ1) is 19.8. The summed E-state index contributed by atoms with van der Waals surface area (Å²) in [5, 5.41) is 15.9. The van der Waals surface area contributed by atoms with E-state index in [2.05, 4.69) is 20.6 Å². The maximum absolute atomic E-state index is 12.7. The van der Waals surface area contributed by atoms with E-state index >= 15 is 0 Å². The fraction of sp³-hybridized carbons (Fsp3) is 0.364. The maximum Gasteiger partial charge on any atom is 0.226 e. The Kier molecular flexibility index (Phi) is 4.81. The molecule has 1 aromatic carbocycles. The number of fused-ring (bicyclic) bond motifs is 2. The zero-order valence-corrected chi connectivity index (χ0v) is 18.2. The lowest BCUT2D eigenvalue weighted by Gasteiger charge is -2.26. The maximum atomic E-state index is 12.7. The third kappa shape index (κ3) is 3.40. The average molecular weight is 440 g/mol. The van der Waals surface area contributed by atoms with Gasteiger partial charge in [-0.3, -0.25) is 4.79 Å². The van der Waals surface area contributed by atoms with Crippen LogP contribution < -0.4 is 14.8 Å². The quantitative estimate of drug-likeness (QED) is 0.664. The van der Waals surface area contributed by atoms with E-state index < -0.39 is 0 Å².